The lowest BCUT2D eigenvalue weighted by molar-refractivity contribution is 0.0970. The molecule has 1 aromatic rings. The maximum absolute atomic E-state index is 8.74. The summed E-state index contributed by atoms with van der Waals surface area (Å²) in [6, 6.07) is 5.86. The first-order chi connectivity index (χ1) is 9.17. The van der Waals surface area contributed by atoms with Crippen LogP contribution in [-0.2, 0) is 11.3 Å². The Kier molecular flexibility index (Phi) is 7.02. The van der Waals surface area contributed by atoms with Crippen molar-refractivity contribution < 1.29 is 14.6 Å². The molecule has 1 rings (SSSR count). The van der Waals surface area contributed by atoms with E-state index >= 15 is 0 Å². The van der Waals surface area contributed by atoms with Gasteiger partial charge < -0.3 is 14.6 Å². The van der Waals surface area contributed by atoms with Crippen molar-refractivity contribution in [2.75, 3.05) is 20.3 Å². The average Bonchev–Trinajstić information content (AvgIpc) is 2.39. The molecular weight excluding hydrogens is 240 g/mol. The molecule has 0 aromatic heterocycles. The van der Waals surface area contributed by atoms with Crippen LogP contribution in [-0.4, -0.2) is 25.4 Å². The molecule has 0 amide bonds. The molecule has 104 valence electrons. The molecule has 0 saturated heterocycles. The van der Waals surface area contributed by atoms with Crippen LogP contribution in [0.2, 0.25) is 0 Å². The zero-order valence-electron chi connectivity index (χ0n) is 11.9. The Balaban J connectivity index is 2.75. The molecule has 0 unspecified atom stereocenters. The summed E-state index contributed by atoms with van der Waals surface area (Å²) in [5.41, 5.74) is 1.91. The summed E-state index contributed by atoms with van der Waals surface area (Å²) >= 11 is 0. The van der Waals surface area contributed by atoms with Gasteiger partial charge in [-0.1, -0.05) is 31.8 Å². The fourth-order valence-electron chi connectivity index (χ4n) is 1.57. The molecule has 3 nitrogen and oxygen atoms in total. The number of ether oxygens (including phenoxy) is 2. The predicted molar refractivity (Wildman–Crippen MR) is 76.1 cm³/mol. The van der Waals surface area contributed by atoms with Gasteiger partial charge in [0.25, 0.3) is 0 Å². The van der Waals surface area contributed by atoms with Gasteiger partial charge in [0, 0.05) is 13.0 Å². The molecular formula is C16H22O3. The first-order valence-electron chi connectivity index (χ1n) is 6.51. The van der Waals surface area contributed by atoms with Crippen molar-refractivity contribution in [3.8, 4) is 17.6 Å². The molecule has 0 atom stereocenters. The van der Waals surface area contributed by atoms with Crippen LogP contribution in [0.5, 0.6) is 5.75 Å². The predicted octanol–water partition coefficient (Wildman–Crippen LogP) is 2.60. The molecule has 0 fully saturated rings. The van der Waals surface area contributed by atoms with E-state index in [0.29, 0.717) is 18.9 Å². The van der Waals surface area contributed by atoms with Gasteiger partial charge in [-0.3, -0.25) is 0 Å². The Bertz CT molecular complexity index is 441. The summed E-state index contributed by atoms with van der Waals surface area (Å²) in [5.74, 6) is 7.20. The van der Waals surface area contributed by atoms with Crippen LogP contribution in [0, 0.1) is 17.8 Å². The topological polar surface area (TPSA) is 38.7 Å². The van der Waals surface area contributed by atoms with Crippen LogP contribution in [0.4, 0.5) is 0 Å². The molecule has 19 heavy (non-hydrogen) atoms. The smallest absolute Gasteiger partial charge is 0.134 e. The Labute approximate surface area is 115 Å². The van der Waals surface area contributed by atoms with Crippen LogP contribution < -0.4 is 4.74 Å². The van der Waals surface area contributed by atoms with E-state index in [1.807, 2.05) is 18.2 Å². The standard InChI is InChI=1S/C16H22O3/c1-13(2)11-19-12-14-7-8-16(18-3)15(10-14)6-4-5-9-17/h7-8,10,13,17H,5,9,11-12H2,1-3H3. The highest BCUT2D eigenvalue weighted by atomic mass is 16.5. The van der Waals surface area contributed by atoms with Crippen molar-refractivity contribution in [1.82, 2.24) is 0 Å². The molecule has 0 saturated carbocycles. The minimum atomic E-state index is 0.0759. The molecule has 0 aliphatic rings. The minimum absolute atomic E-state index is 0.0759. The van der Waals surface area contributed by atoms with Crippen molar-refractivity contribution in [3.05, 3.63) is 29.3 Å². The Morgan fingerprint density at radius 1 is 1.32 bits per heavy atom. The largest absolute Gasteiger partial charge is 0.495 e. The highest BCUT2D eigenvalue weighted by molar-refractivity contribution is 5.48. The molecule has 0 bridgehead atoms. The maximum Gasteiger partial charge on any atom is 0.134 e. The Hall–Kier alpha value is -1.50. The van der Waals surface area contributed by atoms with E-state index in [1.54, 1.807) is 7.11 Å². The fourth-order valence-corrected chi connectivity index (χ4v) is 1.57. The zero-order chi connectivity index (χ0) is 14.1. The minimum Gasteiger partial charge on any atom is -0.495 e. The molecule has 0 aliphatic heterocycles. The van der Waals surface area contributed by atoms with E-state index in [4.69, 9.17) is 14.6 Å². The number of benzene rings is 1. The fraction of sp³-hybridized carbons (Fsp3) is 0.500. The van der Waals surface area contributed by atoms with Crippen molar-refractivity contribution in [3.63, 3.8) is 0 Å². The average molecular weight is 262 g/mol. The second-order valence-electron chi connectivity index (χ2n) is 4.72. The number of rotatable bonds is 6. The zero-order valence-corrected chi connectivity index (χ0v) is 11.9. The third-order valence-electron chi connectivity index (χ3n) is 2.44. The van der Waals surface area contributed by atoms with Gasteiger partial charge in [-0.2, -0.15) is 0 Å². The lowest BCUT2D eigenvalue weighted by Gasteiger charge is -2.09. The van der Waals surface area contributed by atoms with Crippen molar-refractivity contribution in [2.24, 2.45) is 5.92 Å². The second-order valence-corrected chi connectivity index (χ2v) is 4.72. The van der Waals surface area contributed by atoms with Gasteiger partial charge in [-0.25, -0.2) is 0 Å². The summed E-state index contributed by atoms with van der Waals surface area (Å²) in [6.07, 6.45) is 0.469. The van der Waals surface area contributed by atoms with Gasteiger partial charge in [-0.05, 0) is 23.6 Å². The van der Waals surface area contributed by atoms with E-state index < -0.39 is 0 Å². The van der Waals surface area contributed by atoms with Crippen molar-refractivity contribution in [2.45, 2.75) is 26.9 Å². The third kappa shape index (κ3) is 5.78. The van der Waals surface area contributed by atoms with Gasteiger partial charge in [-0.15, -0.1) is 0 Å². The van der Waals surface area contributed by atoms with E-state index in [0.717, 1.165) is 23.5 Å². The van der Waals surface area contributed by atoms with E-state index in [-0.39, 0.29) is 6.61 Å². The first kappa shape index (κ1) is 15.6. The highest BCUT2D eigenvalue weighted by Crippen LogP contribution is 2.19. The van der Waals surface area contributed by atoms with Gasteiger partial charge >= 0.3 is 0 Å². The quantitative estimate of drug-likeness (QED) is 0.801. The van der Waals surface area contributed by atoms with Gasteiger partial charge in [0.2, 0.25) is 0 Å². The van der Waals surface area contributed by atoms with Crippen LogP contribution in [0.15, 0.2) is 18.2 Å². The molecule has 0 heterocycles. The van der Waals surface area contributed by atoms with E-state index in [2.05, 4.69) is 25.7 Å². The first-order valence-corrected chi connectivity index (χ1v) is 6.51. The SMILES string of the molecule is COc1ccc(COCC(C)C)cc1C#CCCO. The van der Waals surface area contributed by atoms with Crippen LogP contribution in [0.25, 0.3) is 0 Å². The van der Waals surface area contributed by atoms with Crippen molar-refractivity contribution >= 4 is 0 Å². The van der Waals surface area contributed by atoms with Crippen LogP contribution in [0.3, 0.4) is 0 Å². The normalized spacial score (nSPS) is 10.2. The number of aliphatic hydroxyl groups excluding tert-OH is 1. The van der Waals surface area contributed by atoms with Crippen LogP contribution >= 0.6 is 0 Å². The van der Waals surface area contributed by atoms with Gasteiger partial charge in [0.15, 0.2) is 0 Å². The van der Waals surface area contributed by atoms with Gasteiger partial charge in [0.05, 0.1) is 25.9 Å². The summed E-state index contributed by atoms with van der Waals surface area (Å²) < 4.78 is 10.9. The molecule has 1 N–H and O–H groups in total. The summed E-state index contributed by atoms with van der Waals surface area (Å²) in [7, 11) is 1.63. The Morgan fingerprint density at radius 2 is 2.11 bits per heavy atom. The lowest BCUT2D eigenvalue weighted by atomic mass is 10.1. The molecule has 0 radical (unpaired) electrons. The van der Waals surface area contributed by atoms with Crippen LogP contribution in [0.1, 0.15) is 31.4 Å². The molecule has 1 aromatic carbocycles. The lowest BCUT2D eigenvalue weighted by Crippen LogP contribution is -2.02. The number of methoxy groups -OCH3 is 1. The maximum atomic E-state index is 8.74. The van der Waals surface area contributed by atoms with E-state index in [1.165, 1.54) is 0 Å². The summed E-state index contributed by atoms with van der Waals surface area (Å²) in [5, 5.41) is 8.74. The van der Waals surface area contributed by atoms with Crippen molar-refractivity contribution in [1.29, 1.82) is 0 Å². The second kappa shape index (κ2) is 8.58. The molecule has 0 aliphatic carbocycles. The highest BCUT2D eigenvalue weighted by Gasteiger charge is 2.03. The monoisotopic (exact) mass is 262 g/mol. The molecule has 3 heteroatoms. The Morgan fingerprint density at radius 3 is 2.74 bits per heavy atom. The molecule has 0 spiro atoms. The van der Waals surface area contributed by atoms with E-state index in [9.17, 15) is 0 Å². The number of hydrogen-bond acceptors (Lipinski definition) is 3. The summed E-state index contributed by atoms with van der Waals surface area (Å²) in [6.45, 7) is 5.65. The summed E-state index contributed by atoms with van der Waals surface area (Å²) in [4.78, 5) is 0. The number of hydrogen-bond donors (Lipinski definition) is 1. The number of aliphatic hydroxyl groups is 1. The third-order valence-corrected chi connectivity index (χ3v) is 2.44. The van der Waals surface area contributed by atoms with Gasteiger partial charge in [0.1, 0.15) is 5.75 Å².